The minimum atomic E-state index is 0.186. The van der Waals surface area contributed by atoms with Gasteiger partial charge in [0.25, 0.3) is 0 Å². The number of rotatable bonds is 4. The van der Waals surface area contributed by atoms with Gasteiger partial charge in [-0.05, 0) is 26.2 Å². The van der Waals surface area contributed by atoms with Crippen LogP contribution in [0.4, 0.5) is 0 Å². The third-order valence-electron chi connectivity index (χ3n) is 2.68. The van der Waals surface area contributed by atoms with Gasteiger partial charge in [0.2, 0.25) is 5.91 Å². The molecule has 0 bridgehead atoms. The van der Waals surface area contributed by atoms with Crippen LogP contribution in [0.5, 0.6) is 0 Å². The number of likely N-dealkylation sites (tertiary alicyclic amines) is 1. The lowest BCUT2D eigenvalue weighted by molar-refractivity contribution is -0.132. The van der Waals surface area contributed by atoms with Gasteiger partial charge in [-0.15, -0.1) is 0 Å². The van der Waals surface area contributed by atoms with Crippen molar-refractivity contribution >= 4 is 11.7 Å². The second-order valence-electron chi connectivity index (χ2n) is 4.04. The van der Waals surface area contributed by atoms with Crippen LogP contribution in [0.3, 0.4) is 0 Å². The molecule has 0 radical (unpaired) electrons. The smallest absolute Gasteiger partial charge is 0.222 e. The summed E-state index contributed by atoms with van der Waals surface area (Å²) in [5, 5.41) is 0. The average molecular weight is 197 g/mol. The number of hydrogen-bond donors (Lipinski definition) is 0. The molecule has 14 heavy (non-hydrogen) atoms. The molecule has 3 heteroatoms. The maximum absolute atomic E-state index is 11.7. The highest BCUT2D eigenvalue weighted by Crippen LogP contribution is 2.21. The Morgan fingerprint density at radius 2 is 2.14 bits per heavy atom. The Balaban J connectivity index is 2.50. The monoisotopic (exact) mass is 197 g/mol. The highest BCUT2D eigenvalue weighted by molar-refractivity contribution is 5.79. The molecular formula is C11H19NO2. The van der Waals surface area contributed by atoms with Gasteiger partial charge in [0.1, 0.15) is 5.78 Å². The normalized spacial score (nSPS) is 21.3. The molecule has 0 aromatic heterocycles. The maximum atomic E-state index is 11.7. The SMILES string of the molecule is CCCC(=O)N1CCCC1CC(C)=O. The second kappa shape index (κ2) is 5.13. The number of amides is 1. The molecule has 0 N–H and O–H groups in total. The van der Waals surface area contributed by atoms with Crippen LogP contribution < -0.4 is 0 Å². The van der Waals surface area contributed by atoms with Crippen molar-refractivity contribution in [1.82, 2.24) is 4.90 Å². The van der Waals surface area contributed by atoms with Gasteiger partial charge in [-0.3, -0.25) is 9.59 Å². The number of hydrogen-bond acceptors (Lipinski definition) is 2. The van der Waals surface area contributed by atoms with Gasteiger partial charge in [0.15, 0.2) is 0 Å². The molecule has 1 saturated heterocycles. The lowest BCUT2D eigenvalue weighted by atomic mass is 10.1. The van der Waals surface area contributed by atoms with E-state index in [4.69, 9.17) is 0 Å². The minimum Gasteiger partial charge on any atom is -0.339 e. The van der Waals surface area contributed by atoms with Crippen LogP contribution in [0.25, 0.3) is 0 Å². The number of carbonyl (C=O) groups excluding carboxylic acids is 2. The molecule has 0 aliphatic carbocycles. The van der Waals surface area contributed by atoms with Gasteiger partial charge in [-0.1, -0.05) is 6.92 Å². The summed E-state index contributed by atoms with van der Waals surface area (Å²) in [4.78, 5) is 24.5. The molecular weight excluding hydrogens is 178 g/mol. The third-order valence-corrected chi connectivity index (χ3v) is 2.68. The molecule has 1 amide bonds. The van der Waals surface area contributed by atoms with Crippen LogP contribution in [0.2, 0.25) is 0 Å². The molecule has 3 nitrogen and oxygen atoms in total. The van der Waals surface area contributed by atoms with Gasteiger partial charge < -0.3 is 4.90 Å². The van der Waals surface area contributed by atoms with E-state index in [9.17, 15) is 9.59 Å². The van der Waals surface area contributed by atoms with Gasteiger partial charge >= 0.3 is 0 Å². The zero-order chi connectivity index (χ0) is 10.6. The van der Waals surface area contributed by atoms with E-state index in [1.54, 1.807) is 6.92 Å². The van der Waals surface area contributed by atoms with E-state index in [0.717, 1.165) is 25.8 Å². The van der Waals surface area contributed by atoms with Crippen LogP contribution in [0.1, 0.15) is 46.0 Å². The number of Topliss-reactive ketones (excluding diaryl/α,β-unsaturated/α-hetero) is 1. The highest BCUT2D eigenvalue weighted by atomic mass is 16.2. The predicted octanol–water partition coefficient (Wildman–Crippen LogP) is 1.76. The van der Waals surface area contributed by atoms with Crippen molar-refractivity contribution < 1.29 is 9.59 Å². The Morgan fingerprint density at radius 1 is 1.43 bits per heavy atom. The van der Waals surface area contributed by atoms with Crippen molar-refractivity contribution in [3.63, 3.8) is 0 Å². The van der Waals surface area contributed by atoms with E-state index in [0.29, 0.717) is 12.8 Å². The lowest BCUT2D eigenvalue weighted by Crippen LogP contribution is -2.36. The first-order valence-corrected chi connectivity index (χ1v) is 5.44. The van der Waals surface area contributed by atoms with Crippen LogP contribution in [-0.2, 0) is 9.59 Å². The van der Waals surface area contributed by atoms with Gasteiger partial charge in [0.05, 0.1) is 0 Å². The van der Waals surface area contributed by atoms with Crippen LogP contribution in [0.15, 0.2) is 0 Å². The zero-order valence-electron chi connectivity index (χ0n) is 9.08. The Labute approximate surface area is 85.5 Å². The summed E-state index contributed by atoms with van der Waals surface area (Å²) in [5.74, 6) is 0.405. The van der Waals surface area contributed by atoms with E-state index in [1.165, 1.54) is 0 Å². The van der Waals surface area contributed by atoms with Crippen LogP contribution in [0, 0.1) is 0 Å². The first-order chi connectivity index (χ1) is 6.65. The molecule has 1 aliphatic rings. The summed E-state index contributed by atoms with van der Waals surface area (Å²) >= 11 is 0. The van der Waals surface area contributed by atoms with Gasteiger partial charge in [-0.25, -0.2) is 0 Å². The Morgan fingerprint density at radius 3 is 2.71 bits per heavy atom. The number of carbonyl (C=O) groups is 2. The number of ketones is 1. The van der Waals surface area contributed by atoms with Crippen molar-refractivity contribution in [2.75, 3.05) is 6.54 Å². The summed E-state index contributed by atoms with van der Waals surface area (Å²) in [5.41, 5.74) is 0. The highest BCUT2D eigenvalue weighted by Gasteiger charge is 2.28. The van der Waals surface area contributed by atoms with Gasteiger partial charge in [-0.2, -0.15) is 0 Å². The summed E-state index contributed by atoms with van der Waals surface area (Å²) in [6.07, 6.45) is 4.09. The topological polar surface area (TPSA) is 37.4 Å². The molecule has 0 aromatic rings. The van der Waals surface area contributed by atoms with Crippen molar-refractivity contribution in [2.24, 2.45) is 0 Å². The Bertz CT molecular complexity index is 225. The summed E-state index contributed by atoms with van der Waals surface area (Å²) in [6.45, 7) is 4.45. The van der Waals surface area contributed by atoms with Crippen LogP contribution >= 0.6 is 0 Å². The third kappa shape index (κ3) is 2.82. The standard InChI is InChI=1S/C11H19NO2/c1-3-5-11(14)12-7-4-6-10(12)8-9(2)13/h10H,3-8H2,1-2H3. The molecule has 80 valence electrons. The molecule has 0 aromatic carbocycles. The van der Waals surface area contributed by atoms with Crippen molar-refractivity contribution in [2.45, 2.75) is 52.0 Å². The number of nitrogens with zero attached hydrogens (tertiary/aromatic N) is 1. The second-order valence-corrected chi connectivity index (χ2v) is 4.04. The first-order valence-electron chi connectivity index (χ1n) is 5.44. The van der Waals surface area contributed by atoms with Crippen molar-refractivity contribution in [3.05, 3.63) is 0 Å². The molecule has 1 heterocycles. The first kappa shape index (κ1) is 11.2. The van der Waals surface area contributed by atoms with E-state index < -0.39 is 0 Å². The molecule has 0 spiro atoms. The molecule has 1 rings (SSSR count). The zero-order valence-corrected chi connectivity index (χ0v) is 9.08. The molecule has 1 fully saturated rings. The summed E-state index contributed by atoms with van der Waals surface area (Å²) in [6, 6.07) is 0.187. The quantitative estimate of drug-likeness (QED) is 0.688. The summed E-state index contributed by atoms with van der Waals surface area (Å²) < 4.78 is 0. The minimum absolute atomic E-state index is 0.186. The van der Waals surface area contributed by atoms with Crippen molar-refractivity contribution in [3.8, 4) is 0 Å². The average Bonchev–Trinajstić information content (AvgIpc) is 2.51. The molecule has 1 atom stereocenters. The van der Waals surface area contributed by atoms with Crippen molar-refractivity contribution in [1.29, 1.82) is 0 Å². The largest absolute Gasteiger partial charge is 0.339 e. The van der Waals surface area contributed by atoms with E-state index in [1.807, 2.05) is 11.8 Å². The van der Waals surface area contributed by atoms with Gasteiger partial charge in [0, 0.05) is 25.4 Å². The Hall–Kier alpha value is -0.860. The lowest BCUT2D eigenvalue weighted by Gasteiger charge is -2.23. The summed E-state index contributed by atoms with van der Waals surface area (Å²) in [7, 11) is 0. The molecule has 0 saturated carbocycles. The predicted molar refractivity (Wildman–Crippen MR) is 54.9 cm³/mol. The fourth-order valence-corrected chi connectivity index (χ4v) is 2.07. The van der Waals surface area contributed by atoms with E-state index >= 15 is 0 Å². The fourth-order valence-electron chi connectivity index (χ4n) is 2.07. The van der Waals surface area contributed by atoms with E-state index in [2.05, 4.69) is 0 Å². The van der Waals surface area contributed by atoms with Crippen LogP contribution in [-0.4, -0.2) is 29.2 Å². The molecule has 1 unspecified atom stereocenters. The maximum Gasteiger partial charge on any atom is 0.222 e. The molecule has 1 aliphatic heterocycles. The van der Waals surface area contributed by atoms with E-state index in [-0.39, 0.29) is 17.7 Å². The fraction of sp³-hybridized carbons (Fsp3) is 0.818. The Kier molecular flexibility index (Phi) is 4.11.